The Kier molecular flexibility index (Phi) is 3.39. The minimum absolute atomic E-state index is 0.362. The fraction of sp³-hybridized carbons (Fsp3) is 0.500. The zero-order chi connectivity index (χ0) is 11.4. The van der Waals surface area contributed by atoms with Crippen LogP contribution in [0.25, 0.3) is 11.1 Å². The largest absolute Gasteiger partial charge is 0.443 e. The number of aryl methyl sites for hydroxylation is 1. The normalized spacial score (nSPS) is 11.1. The molecule has 0 amide bonds. The summed E-state index contributed by atoms with van der Waals surface area (Å²) in [7, 11) is 0. The molecule has 2 heterocycles. The summed E-state index contributed by atoms with van der Waals surface area (Å²) in [5.41, 5.74) is 0.0774. The number of hydrogen-bond donors (Lipinski definition) is 1. The number of hydrogen-bond acceptors (Lipinski definition) is 3. The predicted octanol–water partition coefficient (Wildman–Crippen LogP) is 2.64. The second-order valence-electron chi connectivity index (χ2n) is 3.99. The first-order chi connectivity index (χ1) is 7.79. The summed E-state index contributed by atoms with van der Waals surface area (Å²) in [6, 6.07) is 1.95. The van der Waals surface area contributed by atoms with Crippen LogP contribution in [0.1, 0.15) is 38.4 Å². The predicted molar refractivity (Wildman–Crippen MR) is 62.5 cm³/mol. The van der Waals surface area contributed by atoms with E-state index in [1.54, 1.807) is 6.20 Å². The van der Waals surface area contributed by atoms with Gasteiger partial charge >= 0.3 is 5.69 Å². The number of aromatic amines is 1. The molecule has 2 aromatic heterocycles. The first-order valence-corrected chi connectivity index (χ1v) is 5.77. The van der Waals surface area contributed by atoms with E-state index in [0.717, 1.165) is 24.0 Å². The van der Waals surface area contributed by atoms with Gasteiger partial charge in [-0.05, 0) is 12.5 Å². The fourth-order valence-corrected chi connectivity index (χ4v) is 1.75. The van der Waals surface area contributed by atoms with Gasteiger partial charge in [0, 0.05) is 12.6 Å². The Morgan fingerprint density at radius 1 is 1.38 bits per heavy atom. The molecule has 0 bridgehead atoms. The van der Waals surface area contributed by atoms with Crippen molar-refractivity contribution < 1.29 is 4.42 Å². The van der Waals surface area contributed by atoms with Gasteiger partial charge in [-0.2, -0.15) is 4.98 Å². The maximum absolute atomic E-state index is 11.0. The van der Waals surface area contributed by atoms with E-state index >= 15 is 0 Å². The number of H-pyrrole nitrogens is 1. The molecule has 0 aliphatic rings. The molecule has 4 nitrogen and oxygen atoms in total. The summed E-state index contributed by atoms with van der Waals surface area (Å²) in [4.78, 5) is 17.3. The van der Waals surface area contributed by atoms with Crippen LogP contribution in [-0.4, -0.2) is 9.97 Å². The Morgan fingerprint density at radius 3 is 3.06 bits per heavy atom. The van der Waals surface area contributed by atoms with Gasteiger partial charge in [0.1, 0.15) is 5.76 Å². The maximum atomic E-state index is 11.0. The Labute approximate surface area is 93.7 Å². The molecule has 16 heavy (non-hydrogen) atoms. The molecule has 0 aliphatic carbocycles. The SMILES string of the molecule is CCCCCCc1cc2c[nH]c(=O)nc2o1. The summed E-state index contributed by atoms with van der Waals surface area (Å²) in [5, 5.41) is 0.866. The summed E-state index contributed by atoms with van der Waals surface area (Å²) in [5.74, 6) is 0.914. The van der Waals surface area contributed by atoms with E-state index in [1.165, 1.54) is 19.3 Å². The number of unbranched alkanes of at least 4 members (excludes halogenated alkanes) is 3. The van der Waals surface area contributed by atoms with Crippen molar-refractivity contribution >= 4 is 11.1 Å². The lowest BCUT2D eigenvalue weighted by Crippen LogP contribution is -2.07. The van der Waals surface area contributed by atoms with Crippen molar-refractivity contribution in [2.75, 3.05) is 0 Å². The van der Waals surface area contributed by atoms with E-state index in [1.807, 2.05) is 6.07 Å². The number of aromatic nitrogens is 2. The van der Waals surface area contributed by atoms with E-state index in [-0.39, 0.29) is 5.69 Å². The van der Waals surface area contributed by atoms with Crippen LogP contribution in [0, 0.1) is 0 Å². The first kappa shape index (κ1) is 10.9. The Hall–Kier alpha value is -1.58. The van der Waals surface area contributed by atoms with Gasteiger partial charge in [-0.1, -0.05) is 26.2 Å². The molecular weight excluding hydrogens is 204 g/mol. The van der Waals surface area contributed by atoms with Crippen LogP contribution in [0.15, 0.2) is 21.5 Å². The standard InChI is InChI=1S/C12H16N2O2/c1-2-3-4-5-6-10-7-9-8-13-12(15)14-11(9)16-10/h7-8H,2-6H2,1H3,(H,13,14,15). The van der Waals surface area contributed by atoms with Crippen molar-refractivity contribution in [1.29, 1.82) is 0 Å². The second kappa shape index (κ2) is 4.96. The van der Waals surface area contributed by atoms with E-state index < -0.39 is 0 Å². The number of fused-ring (bicyclic) bond motifs is 1. The van der Waals surface area contributed by atoms with Gasteiger partial charge in [0.05, 0.1) is 5.39 Å². The highest BCUT2D eigenvalue weighted by Crippen LogP contribution is 2.17. The molecule has 0 radical (unpaired) electrons. The molecule has 0 saturated heterocycles. The third-order valence-corrected chi connectivity index (χ3v) is 2.62. The topological polar surface area (TPSA) is 58.9 Å². The van der Waals surface area contributed by atoms with Crippen molar-refractivity contribution in [1.82, 2.24) is 9.97 Å². The van der Waals surface area contributed by atoms with Gasteiger partial charge in [0.2, 0.25) is 5.71 Å². The van der Waals surface area contributed by atoms with E-state index in [0.29, 0.717) is 5.71 Å². The zero-order valence-corrected chi connectivity index (χ0v) is 9.45. The molecule has 2 rings (SSSR count). The van der Waals surface area contributed by atoms with Gasteiger partial charge in [-0.15, -0.1) is 0 Å². The van der Waals surface area contributed by atoms with Crippen molar-refractivity contribution in [3.05, 3.63) is 28.5 Å². The second-order valence-corrected chi connectivity index (χ2v) is 3.99. The summed E-state index contributed by atoms with van der Waals surface area (Å²) in [6.07, 6.45) is 7.41. The van der Waals surface area contributed by atoms with Gasteiger partial charge in [-0.25, -0.2) is 4.79 Å². The highest BCUT2D eigenvalue weighted by atomic mass is 16.3. The minimum Gasteiger partial charge on any atom is -0.443 e. The molecule has 4 heteroatoms. The highest BCUT2D eigenvalue weighted by molar-refractivity contribution is 5.72. The number of furan rings is 1. The van der Waals surface area contributed by atoms with Crippen molar-refractivity contribution in [2.24, 2.45) is 0 Å². The highest BCUT2D eigenvalue weighted by Gasteiger charge is 2.04. The smallest absolute Gasteiger partial charge is 0.348 e. The van der Waals surface area contributed by atoms with Crippen molar-refractivity contribution in [3.8, 4) is 0 Å². The average molecular weight is 220 g/mol. The fourth-order valence-electron chi connectivity index (χ4n) is 1.75. The van der Waals surface area contributed by atoms with Crippen LogP contribution in [0.5, 0.6) is 0 Å². The van der Waals surface area contributed by atoms with Crippen LogP contribution < -0.4 is 5.69 Å². The van der Waals surface area contributed by atoms with Gasteiger partial charge in [0.25, 0.3) is 0 Å². The lowest BCUT2D eigenvalue weighted by molar-refractivity contribution is 0.518. The van der Waals surface area contributed by atoms with Crippen LogP contribution in [-0.2, 0) is 6.42 Å². The van der Waals surface area contributed by atoms with Crippen LogP contribution in [0.2, 0.25) is 0 Å². The molecule has 1 N–H and O–H groups in total. The number of rotatable bonds is 5. The van der Waals surface area contributed by atoms with Gasteiger partial charge in [0.15, 0.2) is 0 Å². The van der Waals surface area contributed by atoms with Crippen molar-refractivity contribution in [3.63, 3.8) is 0 Å². The Morgan fingerprint density at radius 2 is 2.25 bits per heavy atom. The molecule has 0 saturated carbocycles. The molecule has 0 atom stereocenters. The van der Waals surface area contributed by atoms with Crippen LogP contribution in [0.3, 0.4) is 0 Å². The third-order valence-electron chi connectivity index (χ3n) is 2.62. The summed E-state index contributed by atoms with van der Waals surface area (Å²) < 4.78 is 5.50. The number of nitrogens with zero attached hydrogens (tertiary/aromatic N) is 1. The number of nitrogens with one attached hydrogen (secondary N) is 1. The van der Waals surface area contributed by atoms with Crippen LogP contribution >= 0.6 is 0 Å². The molecule has 0 spiro atoms. The summed E-state index contributed by atoms with van der Waals surface area (Å²) in [6.45, 7) is 2.19. The molecule has 0 aromatic carbocycles. The average Bonchev–Trinajstić information content (AvgIpc) is 2.66. The monoisotopic (exact) mass is 220 g/mol. The maximum Gasteiger partial charge on any atom is 0.348 e. The molecule has 0 unspecified atom stereocenters. The molecule has 0 fully saturated rings. The lowest BCUT2D eigenvalue weighted by Gasteiger charge is -1.95. The summed E-state index contributed by atoms with van der Waals surface area (Å²) >= 11 is 0. The van der Waals surface area contributed by atoms with E-state index in [2.05, 4.69) is 16.9 Å². The molecule has 86 valence electrons. The molecular formula is C12H16N2O2. The van der Waals surface area contributed by atoms with Crippen molar-refractivity contribution in [2.45, 2.75) is 39.0 Å². The first-order valence-electron chi connectivity index (χ1n) is 5.77. The Bertz CT molecular complexity index is 513. The minimum atomic E-state index is -0.362. The van der Waals surface area contributed by atoms with Gasteiger partial charge in [-0.3, -0.25) is 0 Å². The lowest BCUT2D eigenvalue weighted by atomic mass is 10.1. The Balaban J connectivity index is 2.05. The van der Waals surface area contributed by atoms with Crippen LogP contribution in [0.4, 0.5) is 0 Å². The third kappa shape index (κ3) is 2.51. The molecule has 0 aliphatic heterocycles. The van der Waals surface area contributed by atoms with Gasteiger partial charge < -0.3 is 9.40 Å². The quantitative estimate of drug-likeness (QED) is 0.788. The van der Waals surface area contributed by atoms with E-state index in [4.69, 9.17) is 4.42 Å². The van der Waals surface area contributed by atoms with E-state index in [9.17, 15) is 4.79 Å². The zero-order valence-electron chi connectivity index (χ0n) is 9.45. The molecule has 2 aromatic rings.